The highest BCUT2D eigenvalue weighted by atomic mass is 32.2. The Kier molecular flexibility index (Phi) is 4.58. The molecule has 2 aromatic carbocycles. The normalized spacial score (nSPS) is 22.2. The van der Waals surface area contributed by atoms with Gasteiger partial charge in [0.2, 0.25) is 0 Å². The summed E-state index contributed by atoms with van der Waals surface area (Å²) in [6, 6.07) is 11.0. The number of para-hydroxylation sites is 1. The number of aliphatic hydroxyl groups excluding tert-OH is 1. The largest absolute Gasteiger partial charge is 0.509 e. The number of anilines is 1. The predicted molar refractivity (Wildman–Crippen MR) is 113 cm³/mol. The number of aliphatic hydroxyl groups is 1. The third kappa shape index (κ3) is 3.48. The van der Waals surface area contributed by atoms with Gasteiger partial charge in [-0.1, -0.05) is 37.1 Å². The highest BCUT2D eigenvalue weighted by Gasteiger charge is 2.44. The van der Waals surface area contributed by atoms with E-state index in [1.807, 2.05) is 0 Å². The first-order chi connectivity index (χ1) is 14.8. The topological polar surface area (TPSA) is 99.1 Å². The monoisotopic (exact) mass is 441 g/mol. The standard InChI is InChI=1S/C22H20FN3O4S/c23-15-9-7-14(8-10-15)19-20(27)18(22(28)26(19)12-11-13-5-6-13)21-24-16-3-1-2-4-17(16)31(29,30)25-21/h1-4,7-10,13,19,27H,5-6,11-12H2,(H,24,25). The van der Waals surface area contributed by atoms with Crippen LogP contribution < -0.4 is 5.32 Å². The number of carbonyl (C=O) groups is 1. The van der Waals surface area contributed by atoms with Crippen LogP contribution in [0.2, 0.25) is 0 Å². The zero-order valence-electron chi connectivity index (χ0n) is 16.5. The molecule has 1 atom stereocenters. The number of sulfonamides is 1. The minimum atomic E-state index is -4.04. The molecule has 7 nitrogen and oxygen atoms in total. The Morgan fingerprint density at radius 2 is 1.84 bits per heavy atom. The molecule has 1 amide bonds. The summed E-state index contributed by atoms with van der Waals surface area (Å²) in [5.41, 5.74) is 0.649. The van der Waals surface area contributed by atoms with Crippen molar-refractivity contribution in [3.05, 3.63) is 71.2 Å². The van der Waals surface area contributed by atoms with Crippen molar-refractivity contribution in [2.24, 2.45) is 10.3 Å². The second-order valence-electron chi connectivity index (χ2n) is 7.98. The lowest BCUT2D eigenvalue weighted by atomic mass is 10.0. The number of carbonyl (C=O) groups excluding carboxylic acids is 1. The van der Waals surface area contributed by atoms with E-state index in [0.717, 1.165) is 19.3 Å². The molecule has 0 radical (unpaired) electrons. The molecule has 0 aromatic heterocycles. The molecular formula is C22H20FN3O4S. The van der Waals surface area contributed by atoms with E-state index in [1.54, 1.807) is 18.2 Å². The van der Waals surface area contributed by atoms with Gasteiger partial charge in [0.05, 0.1) is 5.69 Å². The second kappa shape index (κ2) is 7.19. The molecule has 31 heavy (non-hydrogen) atoms. The highest BCUT2D eigenvalue weighted by Crippen LogP contribution is 2.41. The van der Waals surface area contributed by atoms with Gasteiger partial charge in [0.25, 0.3) is 15.9 Å². The minimum Gasteiger partial charge on any atom is -0.509 e. The van der Waals surface area contributed by atoms with Crippen molar-refractivity contribution in [1.82, 2.24) is 4.90 Å². The maximum Gasteiger partial charge on any atom is 0.286 e. The van der Waals surface area contributed by atoms with Crippen LogP contribution in [0.5, 0.6) is 0 Å². The summed E-state index contributed by atoms with van der Waals surface area (Å²) in [6.45, 7) is 0.399. The van der Waals surface area contributed by atoms with Gasteiger partial charge in [-0.2, -0.15) is 8.42 Å². The molecule has 2 aromatic rings. The number of fused-ring (bicyclic) bond motifs is 1. The number of amides is 1. The number of hydrogen-bond donors (Lipinski definition) is 2. The van der Waals surface area contributed by atoms with Crippen LogP contribution in [0.1, 0.15) is 30.9 Å². The van der Waals surface area contributed by atoms with Crippen molar-refractivity contribution < 1.29 is 22.7 Å². The molecule has 2 aliphatic heterocycles. The predicted octanol–water partition coefficient (Wildman–Crippen LogP) is 3.53. The summed E-state index contributed by atoms with van der Waals surface area (Å²) in [7, 11) is -4.04. The summed E-state index contributed by atoms with van der Waals surface area (Å²) < 4.78 is 42.5. The summed E-state index contributed by atoms with van der Waals surface area (Å²) in [6.07, 6.45) is 3.00. The molecule has 3 aliphatic rings. The Labute approximate surface area is 179 Å². The fourth-order valence-corrected chi connectivity index (χ4v) is 5.16. The molecule has 9 heteroatoms. The quantitative estimate of drug-likeness (QED) is 0.740. The van der Waals surface area contributed by atoms with Crippen molar-refractivity contribution in [2.45, 2.75) is 30.2 Å². The Bertz CT molecular complexity index is 1230. The van der Waals surface area contributed by atoms with Gasteiger partial charge in [0.15, 0.2) is 5.84 Å². The van der Waals surface area contributed by atoms with E-state index in [2.05, 4.69) is 9.71 Å². The van der Waals surface area contributed by atoms with E-state index in [0.29, 0.717) is 18.0 Å². The van der Waals surface area contributed by atoms with Crippen molar-refractivity contribution >= 4 is 27.5 Å². The first kappa shape index (κ1) is 19.7. The van der Waals surface area contributed by atoms with Crippen molar-refractivity contribution in [3.63, 3.8) is 0 Å². The van der Waals surface area contributed by atoms with Crippen LogP contribution in [0.15, 0.2) is 69.2 Å². The maximum atomic E-state index is 13.4. The third-order valence-electron chi connectivity index (χ3n) is 5.83. The zero-order chi connectivity index (χ0) is 21.8. The molecular weight excluding hydrogens is 421 g/mol. The second-order valence-corrected chi connectivity index (χ2v) is 9.55. The van der Waals surface area contributed by atoms with E-state index in [4.69, 9.17) is 0 Å². The summed E-state index contributed by atoms with van der Waals surface area (Å²) in [5.74, 6) is -0.892. The van der Waals surface area contributed by atoms with Gasteiger partial charge in [0, 0.05) is 6.54 Å². The summed E-state index contributed by atoms with van der Waals surface area (Å²) in [5, 5.41) is 14.0. The van der Waals surface area contributed by atoms with Gasteiger partial charge in [0.1, 0.15) is 28.1 Å². The van der Waals surface area contributed by atoms with Crippen LogP contribution in [0, 0.1) is 11.7 Å². The van der Waals surface area contributed by atoms with Gasteiger partial charge >= 0.3 is 0 Å². The lowest BCUT2D eigenvalue weighted by Crippen LogP contribution is -2.34. The number of rotatable bonds is 5. The number of amidine groups is 1. The van der Waals surface area contributed by atoms with Gasteiger partial charge in [-0.3, -0.25) is 4.79 Å². The molecule has 5 rings (SSSR count). The fraction of sp³-hybridized carbons (Fsp3) is 0.273. The molecule has 1 aliphatic carbocycles. The molecule has 0 bridgehead atoms. The van der Waals surface area contributed by atoms with Crippen LogP contribution in [0.4, 0.5) is 10.1 Å². The van der Waals surface area contributed by atoms with Crippen LogP contribution in [0.25, 0.3) is 0 Å². The Morgan fingerprint density at radius 1 is 1.13 bits per heavy atom. The third-order valence-corrected chi connectivity index (χ3v) is 7.16. The minimum absolute atomic E-state index is 0.00459. The van der Waals surface area contributed by atoms with Crippen molar-refractivity contribution in [3.8, 4) is 0 Å². The van der Waals surface area contributed by atoms with Crippen molar-refractivity contribution in [2.75, 3.05) is 11.9 Å². The number of nitrogens with one attached hydrogen (secondary N) is 1. The van der Waals surface area contributed by atoms with E-state index in [9.17, 15) is 22.7 Å². The average Bonchev–Trinajstić information content (AvgIpc) is 3.52. The lowest BCUT2D eigenvalue weighted by Gasteiger charge is -2.26. The van der Waals surface area contributed by atoms with Crippen LogP contribution in [0.3, 0.4) is 0 Å². The molecule has 160 valence electrons. The maximum absolute atomic E-state index is 13.4. The number of hydrogen-bond acceptors (Lipinski definition) is 5. The Morgan fingerprint density at radius 3 is 2.55 bits per heavy atom. The van der Waals surface area contributed by atoms with Crippen LogP contribution in [-0.4, -0.2) is 36.7 Å². The molecule has 2 N–H and O–H groups in total. The van der Waals surface area contributed by atoms with Gasteiger partial charge in [-0.15, -0.1) is 4.40 Å². The van der Waals surface area contributed by atoms with E-state index < -0.39 is 27.8 Å². The Balaban J connectivity index is 1.58. The molecule has 1 saturated carbocycles. The van der Waals surface area contributed by atoms with Gasteiger partial charge in [-0.05, 0) is 42.2 Å². The zero-order valence-corrected chi connectivity index (χ0v) is 17.3. The SMILES string of the molecule is O=C1C(C2=NS(=O)(=O)c3ccccc3N2)=C(O)C(c2ccc(F)cc2)N1CCC1CC1. The van der Waals surface area contributed by atoms with E-state index in [-0.39, 0.29) is 27.8 Å². The van der Waals surface area contributed by atoms with Gasteiger partial charge in [-0.25, -0.2) is 4.39 Å². The molecule has 1 fully saturated rings. The number of halogens is 1. The van der Waals surface area contributed by atoms with Crippen LogP contribution in [-0.2, 0) is 14.8 Å². The molecule has 1 unspecified atom stereocenters. The Hall–Kier alpha value is -3.20. The summed E-state index contributed by atoms with van der Waals surface area (Å²) >= 11 is 0. The average molecular weight is 441 g/mol. The van der Waals surface area contributed by atoms with E-state index >= 15 is 0 Å². The van der Waals surface area contributed by atoms with Crippen molar-refractivity contribution in [1.29, 1.82) is 0 Å². The highest BCUT2D eigenvalue weighted by molar-refractivity contribution is 7.90. The molecule has 2 heterocycles. The smallest absolute Gasteiger partial charge is 0.286 e. The number of nitrogens with zero attached hydrogens (tertiary/aromatic N) is 2. The van der Waals surface area contributed by atoms with E-state index in [1.165, 1.54) is 35.2 Å². The van der Waals surface area contributed by atoms with Gasteiger partial charge < -0.3 is 15.3 Å². The first-order valence-corrected chi connectivity index (χ1v) is 11.5. The molecule has 0 spiro atoms. The van der Waals surface area contributed by atoms with Crippen LogP contribution >= 0.6 is 0 Å². The summed E-state index contributed by atoms with van der Waals surface area (Å²) in [4.78, 5) is 14.9. The molecule has 0 saturated heterocycles. The first-order valence-electron chi connectivity index (χ1n) is 10.1. The fourth-order valence-electron chi connectivity index (χ4n) is 4.04. The number of benzene rings is 2. The lowest BCUT2D eigenvalue weighted by molar-refractivity contribution is -0.126.